The molecule has 0 atom stereocenters. The van der Waals surface area contributed by atoms with E-state index in [-0.39, 0.29) is 8.80 Å². The minimum absolute atomic E-state index is 0.139. The Morgan fingerprint density at radius 2 is 1.40 bits per heavy atom. The fraction of sp³-hybridized carbons (Fsp3) is 1.00. The lowest BCUT2D eigenvalue weighted by atomic mass is 10.1. The van der Waals surface area contributed by atoms with Crippen LogP contribution in [0.25, 0.3) is 0 Å². The average molecular weight is 160 g/mol. The molecule has 0 nitrogen and oxygen atoms in total. The number of hydrogen-bond donors (Lipinski definition) is 0. The molecule has 1 heteroatoms. The first-order valence-electron chi connectivity index (χ1n) is 4.50. The van der Waals surface area contributed by atoms with Crippen LogP contribution in [0.2, 0.25) is 19.6 Å². The van der Waals surface area contributed by atoms with Gasteiger partial charge in [0.2, 0.25) is 0 Å². The Morgan fingerprint density at radius 1 is 1.10 bits per heavy atom. The smallest absolute Gasteiger partial charge is 0.0274 e. The SMILES string of the molecule is CCCC(C)C.C[SiH](C)C. The van der Waals surface area contributed by atoms with Gasteiger partial charge in [0.05, 0.1) is 0 Å². The second-order valence-electron chi connectivity index (χ2n) is 3.91. The lowest BCUT2D eigenvalue weighted by Crippen LogP contribution is -1.84. The van der Waals surface area contributed by atoms with Crippen LogP contribution in [0.3, 0.4) is 0 Å². The highest BCUT2D eigenvalue weighted by molar-refractivity contribution is 6.54. The zero-order valence-electron chi connectivity index (χ0n) is 8.57. The summed E-state index contributed by atoms with van der Waals surface area (Å²) < 4.78 is 0. The van der Waals surface area contributed by atoms with Gasteiger partial charge in [0.25, 0.3) is 0 Å². The monoisotopic (exact) mass is 160 g/mol. The lowest BCUT2D eigenvalue weighted by molar-refractivity contribution is 0.576. The maximum absolute atomic E-state index is 2.31. The maximum Gasteiger partial charge on any atom is 0.0274 e. The lowest BCUT2D eigenvalue weighted by Gasteiger charge is -1.95. The normalized spacial score (nSPS) is 9.60. The van der Waals surface area contributed by atoms with E-state index in [1.54, 1.807) is 0 Å². The van der Waals surface area contributed by atoms with Crippen molar-refractivity contribution in [2.24, 2.45) is 5.92 Å². The molecule has 0 amide bonds. The van der Waals surface area contributed by atoms with Crippen molar-refractivity contribution >= 4 is 8.80 Å². The van der Waals surface area contributed by atoms with Crippen LogP contribution in [0.15, 0.2) is 0 Å². The first-order valence-corrected chi connectivity index (χ1v) is 7.97. The second kappa shape index (κ2) is 9.22. The van der Waals surface area contributed by atoms with E-state index in [1.807, 2.05) is 0 Å². The molecule has 0 rings (SSSR count). The molecule has 0 N–H and O–H groups in total. The zero-order chi connectivity index (χ0) is 8.57. The molecule has 64 valence electrons. The highest BCUT2D eigenvalue weighted by Crippen LogP contribution is 2.00. The van der Waals surface area contributed by atoms with Crippen LogP contribution in [0.4, 0.5) is 0 Å². The van der Waals surface area contributed by atoms with Crippen LogP contribution in [-0.2, 0) is 0 Å². The van der Waals surface area contributed by atoms with Crippen LogP contribution >= 0.6 is 0 Å². The van der Waals surface area contributed by atoms with Crippen LogP contribution in [0.1, 0.15) is 33.6 Å². The average Bonchev–Trinajstić information content (AvgIpc) is 1.62. The Bertz CT molecular complexity index is 45.9. The first kappa shape index (κ1) is 12.9. The third-order valence-corrected chi connectivity index (χ3v) is 0.866. The summed E-state index contributed by atoms with van der Waals surface area (Å²) in [5.74, 6) is 0.898. The van der Waals surface area contributed by atoms with Gasteiger partial charge in [0.1, 0.15) is 0 Å². The first-order chi connectivity index (χ1) is 4.50. The third kappa shape index (κ3) is 41.4. The number of rotatable bonds is 2. The highest BCUT2D eigenvalue weighted by Gasteiger charge is 1.85. The largest absolute Gasteiger partial charge is 0.0724 e. The summed E-state index contributed by atoms with van der Waals surface area (Å²) in [6, 6.07) is 0. The van der Waals surface area contributed by atoms with E-state index in [0.29, 0.717) is 0 Å². The van der Waals surface area contributed by atoms with Gasteiger partial charge < -0.3 is 0 Å². The Morgan fingerprint density at radius 3 is 1.40 bits per heavy atom. The Labute approximate surface area is 68.6 Å². The summed E-state index contributed by atoms with van der Waals surface area (Å²) in [7, 11) is -0.139. The van der Waals surface area contributed by atoms with Gasteiger partial charge in [-0.25, -0.2) is 0 Å². The second-order valence-corrected chi connectivity index (χ2v) is 7.38. The fourth-order valence-corrected chi connectivity index (χ4v) is 0.577. The molecule has 0 aromatic rings. The molecule has 0 aliphatic rings. The maximum atomic E-state index is 2.31. The molecule has 0 aromatic heterocycles. The summed E-state index contributed by atoms with van der Waals surface area (Å²) in [5, 5.41) is 0. The van der Waals surface area contributed by atoms with E-state index < -0.39 is 0 Å². The van der Waals surface area contributed by atoms with E-state index >= 15 is 0 Å². The quantitative estimate of drug-likeness (QED) is 0.542. The van der Waals surface area contributed by atoms with E-state index in [0.717, 1.165) is 5.92 Å². The van der Waals surface area contributed by atoms with Crippen LogP contribution < -0.4 is 0 Å². The van der Waals surface area contributed by atoms with Gasteiger partial charge in [-0.15, -0.1) is 0 Å². The minimum Gasteiger partial charge on any atom is -0.0724 e. The summed E-state index contributed by atoms with van der Waals surface area (Å²) in [4.78, 5) is 0. The third-order valence-electron chi connectivity index (χ3n) is 0.866. The van der Waals surface area contributed by atoms with Crippen molar-refractivity contribution in [3.05, 3.63) is 0 Å². The van der Waals surface area contributed by atoms with Crippen LogP contribution in [0.5, 0.6) is 0 Å². The molecule has 0 aliphatic carbocycles. The molecular formula is C9H24Si. The molecule has 0 bridgehead atoms. The Kier molecular flexibility index (Phi) is 11.8. The predicted molar refractivity (Wildman–Crippen MR) is 54.5 cm³/mol. The van der Waals surface area contributed by atoms with Crippen molar-refractivity contribution < 1.29 is 0 Å². The molecule has 0 aliphatic heterocycles. The topological polar surface area (TPSA) is 0 Å². The van der Waals surface area contributed by atoms with E-state index in [2.05, 4.69) is 40.4 Å². The van der Waals surface area contributed by atoms with Crippen molar-refractivity contribution in [1.82, 2.24) is 0 Å². The Balaban J connectivity index is 0. The van der Waals surface area contributed by atoms with Gasteiger partial charge >= 0.3 is 0 Å². The van der Waals surface area contributed by atoms with Crippen LogP contribution in [-0.4, -0.2) is 8.80 Å². The predicted octanol–water partition coefficient (Wildman–Crippen LogP) is 3.55. The van der Waals surface area contributed by atoms with Gasteiger partial charge in [0.15, 0.2) is 0 Å². The van der Waals surface area contributed by atoms with Gasteiger partial charge in [-0.3, -0.25) is 0 Å². The van der Waals surface area contributed by atoms with Crippen molar-refractivity contribution in [3.63, 3.8) is 0 Å². The minimum atomic E-state index is -0.139. The van der Waals surface area contributed by atoms with E-state index in [4.69, 9.17) is 0 Å². The molecule has 0 radical (unpaired) electrons. The zero-order valence-corrected chi connectivity index (χ0v) is 9.72. The molecule has 10 heavy (non-hydrogen) atoms. The fourth-order valence-electron chi connectivity index (χ4n) is 0.577. The molecule has 0 heterocycles. The summed E-state index contributed by atoms with van der Waals surface area (Å²) in [6.07, 6.45) is 2.71. The van der Waals surface area contributed by atoms with Crippen molar-refractivity contribution in [2.75, 3.05) is 0 Å². The number of hydrogen-bond acceptors (Lipinski definition) is 0. The van der Waals surface area contributed by atoms with Gasteiger partial charge in [-0.05, 0) is 5.92 Å². The highest BCUT2D eigenvalue weighted by atomic mass is 28.3. The van der Waals surface area contributed by atoms with Crippen LogP contribution in [0, 0.1) is 5.92 Å². The molecular weight excluding hydrogens is 136 g/mol. The van der Waals surface area contributed by atoms with E-state index in [1.165, 1.54) is 12.8 Å². The molecule has 0 saturated carbocycles. The van der Waals surface area contributed by atoms with E-state index in [9.17, 15) is 0 Å². The van der Waals surface area contributed by atoms with Crippen molar-refractivity contribution in [3.8, 4) is 0 Å². The summed E-state index contributed by atoms with van der Waals surface area (Å²) in [6.45, 7) is 13.6. The van der Waals surface area contributed by atoms with Crippen molar-refractivity contribution in [2.45, 2.75) is 53.3 Å². The molecule has 0 aromatic carbocycles. The standard InChI is InChI=1S/C6H14.C3H10Si/c1-4-5-6(2)3;1-4(2)3/h6H,4-5H2,1-3H3;4H,1-3H3. The molecule has 0 spiro atoms. The van der Waals surface area contributed by atoms with Crippen molar-refractivity contribution in [1.29, 1.82) is 0 Å². The van der Waals surface area contributed by atoms with Gasteiger partial charge in [0, 0.05) is 8.80 Å². The Hall–Kier alpha value is 0.217. The molecule has 0 fully saturated rings. The van der Waals surface area contributed by atoms with Gasteiger partial charge in [-0.1, -0.05) is 53.3 Å². The summed E-state index contributed by atoms with van der Waals surface area (Å²) in [5.41, 5.74) is 0. The molecule has 0 unspecified atom stereocenters. The molecule has 0 saturated heterocycles. The van der Waals surface area contributed by atoms with Gasteiger partial charge in [-0.2, -0.15) is 0 Å². The summed E-state index contributed by atoms with van der Waals surface area (Å²) >= 11 is 0.